The van der Waals surface area contributed by atoms with Crippen LogP contribution in [0, 0.1) is 0 Å². The van der Waals surface area contributed by atoms with E-state index < -0.39 is 0 Å². The molecule has 17 heavy (non-hydrogen) atoms. The standard InChI is InChI=1S/C15H30N.BH4/c1-3-16(2,14-10-6-4-7-11-14)15-12-8-5-9-13-15;/h14-15H,3-13H2,1-2H3;1H4/q+1;-1. The Labute approximate surface area is 110 Å². The van der Waals surface area contributed by atoms with E-state index in [-0.39, 0.29) is 8.41 Å². The third-order valence-corrected chi connectivity index (χ3v) is 5.50. The van der Waals surface area contributed by atoms with Crippen LogP contribution in [0.2, 0.25) is 0 Å². The van der Waals surface area contributed by atoms with Crippen LogP contribution in [0.4, 0.5) is 0 Å². The van der Waals surface area contributed by atoms with Gasteiger partial charge in [-0.3, -0.25) is 0 Å². The van der Waals surface area contributed by atoms with E-state index in [1.807, 2.05) is 0 Å². The molecule has 0 aromatic carbocycles. The molecule has 2 saturated carbocycles. The molecule has 0 aromatic heterocycles. The molecular formula is C15H34BN. The lowest BCUT2D eigenvalue weighted by molar-refractivity contribution is -0.957. The molecule has 2 heteroatoms. The van der Waals surface area contributed by atoms with Crippen LogP contribution in [0.25, 0.3) is 0 Å². The molecule has 0 heterocycles. The zero-order valence-electron chi connectivity index (χ0n) is 11.4. The second-order valence-electron chi connectivity index (χ2n) is 6.25. The van der Waals surface area contributed by atoms with Gasteiger partial charge >= 0.3 is 0 Å². The summed E-state index contributed by atoms with van der Waals surface area (Å²) in [5.74, 6) is 0. The van der Waals surface area contributed by atoms with E-state index in [0.717, 1.165) is 12.1 Å². The molecule has 2 fully saturated rings. The van der Waals surface area contributed by atoms with E-state index in [1.165, 1.54) is 75.2 Å². The van der Waals surface area contributed by atoms with Gasteiger partial charge in [0.05, 0.1) is 25.7 Å². The van der Waals surface area contributed by atoms with Crippen LogP contribution in [-0.4, -0.2) is 38.6 Å². The van der Waals surface area contributed by atoms with Crippen molar-refractivity contribution in [2.24, 2.45) is 0 Å². The van der Waals surface area contributed by atoms with Crippen molar-refractivity contribution in [3.8, 4) is 0 Å². The zero-order valence-corrected chi connectivity index (χ0v) is 11.4. The van der Waals surface area contributed by atoms with E-state index in [1.54, 1.807) is 0 Å². The maximum Gasteiger partial charge on any atom is 0.0890 e. The Balaban J connectivity index is 0.00000144. The van der Waals surface area contributed by atoms with Gasteiger partial charge in [-0.1, -0.05) is 21.3 Å². The lowest BCUT2D eigenvalue weighted by atomic mass is 9.86. The molecule has 0 aliphatic heterocycles. The van der Waals surface area contributed by atoms with Crippen LogP contribution < -0.4 is 0 Å². The van der Waals surface area contributed by atoms with E-state index in [2.05, 4.69) is 14.0 Å². The van der Waals surface area contributed by atoms with Gasteiger partial charge in [0.25, 0.3) is 0 Å². The number of nitrogens with zero attached hydrogens (tertiary/aromatic N) is 1. The van der Waals surface area contributed by atoms with E-state index in [9.17, 15) is 0 Å². The molecule has 2 aliphatic carbocycles. The molecular weight excluding hydrogens is 205 g/mol. The number of rotatable bonds is 3. The monoisotopic (exact) mass is 239 g/mol. The normalized spacial score (nSPS) is 24.4. The second kappa shape index (κ2) is 6.82. The average molecular weight is 239 g/mol. The minimum absolute atomic E-state index is 0. The van der Waals surface area contributed by atoms with Crippen molar-refractivity contribution in [1.29, 1.82) is 0 Å². The van der Waals surface area contributed by atoms with Crippen LogP contribution in [0.1, 0.15) is 71.1 Å². The first-order chi connectivity index (χ1) is 7.77. The SMILES string of the molecule is CC[N+](C)(C1CCCCC1)C1CCCCC1.[BH4-]. The van der Waals surface area contributed by atoms with Gasteiger partial charge in [-0.15, -0.1) is 0 Å². The molecule has 0 amide bonds. The maximum absolute atomic E-state index is 2.56. The van der Waals surface area contributed by atoms with E-state index in [4.69, 9.17) is 0 Å². The minimum Gasteiger partial charge on any atom is -0.321 e. The summed E-state index contributed by atoms with van der Waals surface area (Å²) in [6.45, 7) is 3.78. The molecule has 0 atom stereocenters. The van der Waals surface area contributed by atoms with Gasteiger partial charge in [-0.25, -0.2) is 0 Å². The Bertz CT molecular complexity index is 187. The molecule has 1 nitrogen and oxygen atoms in total. The van der Waals surface area contributed by atoms with E-state index >= 15 is 0 Å². The molecule has 2 rings (SSSR count). The highest BCUT2D eigenvalue weighted by Gasteiger charge is 2.39. The first kappa shape index (κ1) is 15.1. The smallest absolute Gasteiger partial charge is 0.0890 e. The Morgan fingerprint density at radius 3 is 1.41 bits per heavy atom. The van der Waals surface area contributed by atoms with E-state index in [0.29, 0.717) is 0 Å². The van der Waals surface area contributed by atoms with Crippen molar-refractivity contribution >= 4 is 8.41 Å². The van der Waals surface area contributed by atoms with Gasteiger partial charge in [0.1, 0.15) is 0 Å². The highest BCUT2D eigenvalue weighted by Crippen LogP contribution is 2.34. The number of quaternary nitrogens is 1. The Morgan fingerprint density at radius 2 is 1.12 bits per heavy atom. The van der Waals surface area contributed by atoms with Gasteiger partial charge in [0.2, 0.25) is 0 Å². The summed E-state index contributed by atoms with van der Waals surface area (Å²) in [6.07, 6.45) is 15.0. The minimum atomic E-state index is 0. The summed E-state index contributed by atoms with van der Waals surface area (Å²) in [5, 5.41) is 0. The highest BCUT2D eigenvalue weighted by atomic mass is 15.4. The lowest BCUT2D eigenvalue weighted by Gasteiger charge is -2.49. The van der Waals surface area contributed by atoms with Crippen LogP contribution in [0.5, 0.6) is 0 Å². The third-order valence-electron chi connectivity index (χ3n) is 5.50. The predicted octanol–water partition coefficient (Wildman–Crippen LogP) is 2.67. The summed E-state index contributed by atoms with van der Waals surface area (Å²) < 4.78 is 1.40. The molecule has 102 valence electrons. The molecule has 0 saturated heterocycles. The summed E-state index contributed by atoms with van der Waals surface area (Å²) in [7, 11) is 2.56. The summed E-state index contributed by atoms with van der Waals surface area (Å²) >= 11 is 0. The van der Waals surface area contributed by atoms with Crippen LogP contribution in [-0.2, 0) is 0 Å². The van der Waals surface area contributed by atoms with Crippen molar-refractivity contribution in [3.05, 3.63) is 0 Å². The van der Waals surface area contributed by atoms with Crippen molar-refractivity contribution in [2.75, 3.05) is 13.6 Å². The third kappa shape index (κ3) is 3.27. The average Bonchev–Trinajstić information content (AvgIpc) is 2.40. The first-order valence-corrected chi connectivity index (χ1v) is 7.62. The van der Waals surface area contributed by atoms with Crippen molar-refractivity contribution < 1.29 is 4.48 Å². The van der Waals surface area contributed by atoms with Gasteiger partial charge in [-0.05, 0) is 58.3 Å². The van der Waals surface area contributed by atoms with Crippen molar-refractivity contribution in [2.45, 2.75) is 83.2 Å². The van der Waals surface area contributed by atoms with Gasteiger partial charge in [0.15, 0.2) is 0 Å². The van der Waals surface area contributed by atoms with Crippen LogP contribution in [0.3, 0.4) is 0 Å². The fraction of sp³-hybridized carbons (Fsp3) is 1.00. The van der Waals surface area contributed by atoms with Crippen LogP contribution in [0.15, 0.2) is 0 Å². The maximum atomic E-state index is 2.56. The molecule has 2 aliphatic rings. The fourth-order valence-corrected chi connectivity index (χ4v) is 4.16. The summed E-state index contributed by atoms with van der Waals surface area (Å²) in [6, 6.07) is 1.98. The molecule has 0 aromatic rings. The lowest BCUT2D eigenvalue weighted by Crippen LogP contribution is -2.59. The largest absolute Gasteiger partial charge is 0.321 e. The molecule has 0 spiro atoms. The first-order valence-electron chi connectivity index (χ1n) is 7.62. The highest BCUT2D eigenvalue weighted by molar-refractivity contribution is 5.75. The zero-order chi connectivity index (χ0) is 11.4. The summed E-state index contributed by atoms with van der Waals surface area (Å²) in [4.78, 5) is 0. The van der Waals surface area contributed by atoms with Crippen LogP contribution >= 0.6 is 0 Å². The van der Waals surface area contributed by atoms with Gasteiger partial charge in [0, 0.05) is 0 Å². The quantitative estimate of drug-likeness (QED) is 0.524. The number of hydrogen-bond acceptors (Lipinski definition) is 0. The molecule has 0 bridgehead atoms. The predicted molar refractivity (Wildman–Crippen MR) is 81.8 cm³/mol. The Morgan fingerprint density at radius 1 is 0.765 bits per heavy atom. The fourth-order valence-electron chi connectivity index (χ4n) is 4.16. The van der Waals surface area contributed by atoms with Crippen molar-refractivity contribution in [3.63, 3.8) is 0 Å². The second-order valence-corrected chi connectivity index (χ2v) is 6.25. The molecule has 0 radical (unpaired) electrons. The Hall–Kier alpha value is 0.0249. The Kier molecular flexibility index (Phi) is 6.05. The molecule has 0 unspecified atom stereocenters. The van der Waals surface area contributed by atoms with Gasteiger partial charge in [-0.2, -0.15) is 0 Å². The van der Waals surface area contributed by atoms with Crippen molar-refractivity contribution in [1.82, 2.24) is 0 Å². The van der Waals surface area contributed by atoms with Gasteiger partial charge < -0.3 is 4.48 Å². The topological polar surface area (TPSA) is 0 Å². The molecule has 0 N–H and O–H groups in total. The summed E-state index contributed by atoms with van der Waals surface area (Å²) in [5.41, 5.74) is 0. The number of hydrogen-bond donors (Lipinski definition) is 0.